The van der Waals surface area contributed by atoms with Crippen LogP contribution < -0.4 is 10.6 Å². The number of hydrogen-bond acceptors (Lipinski definition) is 2. The van der Waals surface area contributed by atoms with Crippen LogP contribution in [-0.2, 0) is 12.7 Å². The van der Waals surface area contributed by atoms with Crippen LogP contribution in [0, 0.1) is 5.82 Å². The lowest BCUT2D eigenvalue weighted by atomic mass is 10.1. The zero-order chi connectivity index (χ0) is 12.9. The van der Waals surface area contributed by atoms with Gasteiger partial charge in [-0.2, -0.15) is 13.2 Å². The molecule has 0 radical (unpaired) electrons. The SMILES string of the molecule is CNCCNCc1cccc(C(F)(F)F)c1F. The third kappa shape index (κ3) is 3.98. The van der Waals surface area contributed by atoms with Gasteiger partial charge in [0, 0.05) is 25.2 Å². The molecular weight excluding hydrogens is 236 g/mol. The highest BCUT2D eigenvalue weighted by Crippen LogP contribution is 2.32. The van der Waals surface area contributed by atoms with E-state index in [4.69, 9.17) is 0 Å². The van der Waals surface area contributed by atoms with Gasteiger partial charge in [0.15, 0.2) is 0 Å². The normalized spacial score (nSPS) is 11.8. The minimum atomic E-state index is -4.65. The van der Waals surface area contributed by atoms with E-state index in [1.165, 1.54) is 12.1 Å². The molecule has 0 aliphatic carbocycles. The van der Waals surface area contributed by atoms with E-state index in [-0.39, 0.29) is 12.1 Å². The van der Waals surface area contributed by atoms with Crippen LogP contribution in [0.5, 0.6) is 0 Å². The van der Waals surface area contributed by atoms with Crippen LogP contribution in [0.2, 0.25) is 0 Å². The lowest BCUT2D eigenvalue weighted by molar-refractivity contribution is -0.140. The molecule has 0 amide bonds. The number of hydrogen-bond donors (Lipinski definition) is 2. The van der Waals surface area contributed by atoms with E-state index in [0.29, 0.717) is 13.1 Å². The fourth-order valence-corrected chi connectivity index (χ4v) is 1.37. The predicted octanol–water partition coefficient (Wildman–Crippen LogP) is 2.15. The van der Waals surface area contributed by atoms with Crippen LogP contribution in [-0.4, -0.2) is 20.1 Å². The summed E-state index contributed by atoms with van der Waals surface area (Å²) in [6, 6.07) is 3.30. The quantitative estimate of drug-likeness (QED) is 0.618. The van der Waals surface area contributed by atoms with E-state index < -0.39 is 17.6 Å². The second-order valence-electron chi connectivity index (χ2n) is 3.56. The molecule has 2 N–H and O–H groups in total. The predicted molar refractivity (Wildman–Crippen MR) is 57.0 cm³/mol. The van der Waals surface area contributed by atoms with E-state index in [1.54, 1.807) is 7.05 Å². The van der Waals surface area contributed by atoms with Crippen molar-refractivity contribution in [2.24, 2.45) is 0 Å². The van der Waals surface area contributed by atoms with Gasteiger partial charge in [-0.05, 0) is 13.1 Å². The molecule has 0 fully saturated rings. The standard InChI is InChI=1S/C11H14F4N2/c1-16-5-6-17-7-8-3-2-4-9(10(8)12)11(13,14)15/h2-4,16-17H,5-7H2,1H3. The molecule has 0 saturated carbocycles. The van der Waals surface area contributed by atoms with Crippen LogP contribution in [0.1, 0.15) is 11.1 Å². The Morgan fingerprint density at radius 1 is 1.18 bits per heavy atom. The van der Waals surface area contributed by atoms with Crippen LogP contribution in [0.3, 0.4) is 0 Å². The first-order chi connectivity index (χ1) is 7.96. The molecule has 0 saturated heterocycles. The van der Waals surface area contributed by atoms with E-state index in [1.807, 2.05) is 0 Å². The summed E-state index contributed by atoms with van der Waals surface area (Å²) in [5.41, 5.74) is -1.19. The molecule has 0 bridgehead atoms. The van der Waals surface area contributed by atoms with Crippen molar-refractivity contribution < 1.29 is 17.6 Å². The second-order valence-corrected chi connectivity index (χ2v) is 3.56. The minimum absolute atomic E-state index is 0.0240. The molecule has 0 atom stereocenters. The molecule has 0 unspecified atom stereocenters. The Morgan fingerprint density at radius 3 is 2.47 bits per heavy atom. The first-order valence-electron chi connectivity index (χ1n) is 5.16. The highest BCUT2D eigenvalue weighted by atomic mass is 19.4. The van der Waals surface area contributed by atoms with Gasteiger partial charge in [-0.3, -0.25) is 0 Å². The largest absolute Gasteiger partial charge is 0.419 e. The molecule has 0 aromatic heterocycles. The van der Waals surface area contributed by atoms with E-state index in [0.717, 1.165) is 6.07 Å². The second kappa shape index (κ2) is 5.97. The first kappa shape index (κ1) is 13.9. The van der Waals surface area contributed by atoms with E-state index in [2.05, 4.69) is 10.6 Å². The van der Waals surface area contributed by atoms with Crippen LogP contribution in [0.4, 0.5) is 17.6 Å². The summed E-state index contributed by atoms with van der Waals surface area (Å²) in [7, 11) is 1.76. The van der Waals surface area contributed by atoms with Crippen molar-refractivity contribution in [2.45, 2.75) is 12.7 Å². The highest BCUT2D eigenvalue weighted by Gasteiger charge is 2.34. The van der Waals surface area contributed by atoms with Crippen molar-refractivity contribution in [3.05, 3.63) is 35.1 Å². The smallest absolute Gasteiger partial charge is 0.318 e. The molecule has 6 heteroatoms. The summed E-state index contributed by atoms with van der Waals surface area (Å²) < 4.78 is 50.7. The maximum absolute atomic E-state index is 13.5. The van der Waals surface area contributed by atoms with Crippen molar-refractivity contribution in [3.8, 4) is 0 Å². The van der Waals surface area contributed by atoms with Gasteiger partial charge in [0.25, 0.3) is 0 Å². The number of halogens is 4. The minimum Gasteiger partial charge on any atom is -0.318 e. The summed E-state index contributed by atoms with van der Waals surface area (Å²) in [5, 5.41) is 5.72. The van der Waals surface area contributed by atoms with Crippen molar-refractivity contribution in [1.29, 1.82) is 0 Å². The van der Waals surface area contributed by atoms with E-state index in [9.17, 15) is 17.6 Å². The zero-order valence-corrected chi connectivity index (χ0v) is 9.37. The fraction of sp³-hybridized carbons (Fsp3) is 0.455. The molecule has 1 aromatic carbocycles. The maximum atomic E-state index is 13.5. The molecule has 0 aliphatic heterocycles. The topological polar surface area (TPSA) is 24.1 Å². The van der Waals surface area contributed by atoms with Crippen LogP contribution in [0.25, 0.3) is 0 Å². The summed E-state index contributed by atoms with van der Waals surface area (Å²) in [4.78, 5) is 0. The fourth-order valence-electron chi connectivity index (χ4n) is 1.37. The molecule has 1 aromatic rings. The molecule has 96 valence electrons. The Morgan fingerprint density at radius 2 is 1.88 bits per heavy atom. The van der Waals surface area contributed by atoms with Crippen molar-refractivity contribution in [1.82, 2.24) is 10.6 Å². The number of benzene rings is 1. The lowest BCUT2D eigenvalue weighted by Gasteiger charge is -2.11. The summed E-state index contributed by atoms with van der Waals surface area (Å²) in [6.45, 7) is 1.31. The van der Waals surface area contributed by atoms with Gasteiger partial charge in [-0.15, -0.1) is 0 Å². The zero-order valence-electron chi connectivity index (χ0n) is 9.37. The first-order valence-corrected chi connectivity index (χ1v) is 5.16. The van der Waals surface area contributed by atoms with Crippen molar-refractivity contribution in [2.75, 3.05) is 20.1 Å². The molecular formula is C11H14F4N2. The number of alkyl halides is 3. The highest BCUT2D eigenvalue weighted by molar-refractivity contribution is 5.28. The lowest BCUT2D eigenvalue weighted by Crippen LogP contribution is -2.25. The van der Waals surface area contributed by atoms with E-state index >= 15 is 0 Å². The van der Waals surface area contributed by atoms with Crippen LogP contribution >= 0.6 is 0 Å². The Balaban J connectivity index is 2.74. The van der Waals surface area contributed by atoms with Crippen molar-refractivity contribution in [3.63, 3.8) is 0 Å². The Bertz CT molecular complexity index is 363. The van der Waals surface area contributed by atoms with Gasteiger partial charge in [0.2, 0.25) is 0 Å². The molecule has 1 rings (SSSR count). The Hall–Kier alpha value is -1.14. The molecule has 17 heavy (non-hydrogen) atoms. The molecule has 2 nitrogen and oxygen atoms in total. The molecule has 0 heterocycles. The van der Waals surface area contributed by atoms with Gasteiger partial charge < -0.3 is 10.6 Å². The monoisotopic (exact) mass is 250 g/mol. The van der Waals surface area contributed by atoms with Gasteiger partial charge in [-0.25, -0.2) is 4.39 Å². The van der Waals surface area contributed by atoms with Gasteiger partial charge >= 0.3 is 6.18 Å². The third-order valence-corrected chi connectivity index (χ3v) is 2.25. The van der Waals surface area contributed by atoms with Crippen molar-refractivity contribution >= 4 is 0 Å². The average molecular weight is 250 g/mol. The number of likely N-dealkylation sites (N-methyl/N-ethyl adjacent to an activating group) is 1. The average Bonchev–Trinajstić information content (AvgIpc) is 2.25. The Kier molecular flexibility index (Phi) is 4.89. The summed E-state index contributed by atoms with van der Waals surface area (Å²) in [6.07, 6.45) is -4.65. The molecule has 0 spiro atoms. The number of nitrogens with one attached hydrogen (secondary N) is 2. The van der Waals surface area contributed by atoms with Gasteiger partial charge in [0.1, 0.15) is 5.82 Å². The van der Waals surface area contributed by atoms with Crippen LogP contribution in [0.15, 0.2) is 18.2 Å². The number of rotatable bonds is 5. The third-order valence-electron chi connectivity index (χ3n) is 2.25. The summed E-state index contributed by atoms with van der Waals surface area (Å²) in [5.74, 6) is -1.20. The van der Waals surface area contributed by atoms with Gasteiger partial charge in [0.05, 0.1) is 5.56 Å². The summed E-state index contributed by atoms with van der Waals surface area (Å²) >= 11 is 0. The van der Waals surface area contributed by atoms with Gasteiger partial charge in [-0.1, -0.05) is 12.1 Å². The maximum Gasteiger partial charge on any atom is 0.419 e. The Labute approximate surface area is 97.0 Å². The molecule has 0 aliphatic rings.